The number of aliphatic hydroxyl groups is 1. The number of anilines is 2. The van der Waals surface area contributed by atoms with Gasteiger partial charge in [-0.15, -0.1) is 0 Å². The van der Waals surface area contributed by atoms with Crippen LogP contribution in [0.4, 0.5) is 11.4 Å². The van der Waals surface area contributed by atoms with Gasteiger partial charge in [0.15, 0.2) is 0 Å². The molecule has 1 atom stereocenters. The molecule has 0 saturated heterocycles. The third-order valence-corrected chi connectivity index (χ3v) is 3.09. The number of nitrogens with two attached hydrogens (primary N) is 1. The van der Waals surface area contributed by atoms with E-state index in [0.29, 0.717) is 17.7 Å². The molecule has 4 nitrogen and oxygen atoms in total. The third-order valence-electron chi connectivity index (χ3n) is 3.09. The second kappa shape index (κ2) is 6.60. The van der Waals surface area contributed by atoms with Crippen molar-refractivity contribution in [2.24, 2.45) is 0 Å². The molecule has 20 heavy (non-hydrogen) atoms. The molecular weight excluding hydrogens is 250 g/mol. The van der Waals surface area contributed by atoms with Gasteiger partial charge in [0.2, 0.25) is 0 Å². The van der Waals surface area contributed by atoms with Crippen LogP contribution >= 0.6 is 0 Å². The van der Waals surface area contributed by atoms with Gasteiger partial charge in [-0.25, -0.2) is 0 Å². The van der Waals surface area contributed by atoms with Crippen molar-refractivity contribution in [2.75, 3.05) is 17.7 Å². The number of rotatable bonds is 5. The van der Waals surface area contributed by atoms with Crippen LogP contribution < -0.4 is 11.1 Å². The van der Waals surface area contributed by atoms with Gasteiger partial charge in [-0.3, -0.25) is 0 Å². The van der Waals surface area contributed by atoms with E-state index < -0.39 is 0 Å². The van der Waals surface area contributed by atoms with Gasteiger partial charge in [0.1, 0.15) is 6.07 Å². The number of hydrogen-bond donors (Lipinski definition) is 3. The standard InChI is InChI=1S/C16H17N3O/c17-10-13-9-14(6-7-16(13)18)19-15(11-20)8-12-4-2-1-3-5-12/h1-7,9,15,19-20H,8,11,18H2. The number of nitrogens with one attached hydrogen (secondary N) is 1. The highest BCUT2D eigenvalue weighted by molar-refractivity contribution is 5.62. The third kappa shape index (κ3) is 3.50. The van der Waals surface area contributed by atoms with Crippen LogP contribution in [-0.4, -0.2) is 17.8 Å². The minimum Gasteiger partial charge on any atom is -0.398 e. The lowest BCUT2D eigenvalue weighted by atomic mass is 10.1. The highest BCUT2D eigenvalue weighted by Crippen LogP contribution is 2.18. The van der Waals surface area contributed by atoms with Gasteiger partial charge in [-0.1, -0.05) is 30.3 Å². The van der Waals surface area contributed by atoms with E-state index in [4.69, 9.17) is 11.0 Å². The molecule has 4 N–H and O–H groups in total. The zero-order chi connectivity index (χ0) is 14.4. The topological polar surface area (TPSA) is 82.1 Å². The lowest BCUT2D eigenvalue weighted by molar-refractivity contribution is 0.273. The highest BCUT2D eigenvalue weighted by atomic mass is 16.3. The minimum absolute atomic E-state index is 0.0150. The lowest BCUT2D eigenvalue weighted by Gasteiger charge is -2.18. The van der Waals surface area contributed by atoms with Gasteiger partial charge < -0.3 is 16.2 Å². The van der Waals surface area contributed by atoms with Crippen molar-refractivity contribution in [2.45, 2.75) is 12.5 Å². The molecule has 0 aliphatic heterocycles. The quantitative estimate of drug-likeness (QED) is 0.725. The number of hydrogen-bond acceptors (Lipinski definition) is 4. The molecule has 0 amide bonds. The van der Waals surface area contributed by atoms with Gasteiger partial charge in [0.05, 0.1) is 18.2 Å². The Balaban J connectivity index is 2.09. The van der Waals surface area contributed by atoms with Crippen molar-refractivity contribution in [1.82, 2.24) is 0 Å². The molecule has 0 bridgehead atoms. The summed E-state index contributed by atoms with van der Waals surface area (Å²) in [6.07, 6.45) is 0.712. The number of nitrogen functional groups attached to an aromatic ring is 1. The summed E-state index contributed by atoms with van der Waals surface area (Å²) < 4.78 is 0. The molecule has 0 saturated carbocycles. The largest absolute Gasteiger partial charge is 0.398 e. The van der Waals surface area contributed by atoms with Crippen LogP contribution in [0.15, 0.2) is 48.5 Å². The molecule has 0 heterocycles. The van der Waals surface area contributed by atoms with E-state index in [-0.39, 0.29) is 12.6 Å². The smallest absolute Gasteiger partial charge is 0.101 e. The van der Waals surface area contributed by atoms with Crippen LogP contribution in [0.3, 0.4) is 0 Å². The molecule has 0 aromatic heterocycles. The molecule has 0 fully saturated rings. The summed E-state index contributed by atoms with van der Waals surface area (Å²) in [5.74, 6) is 0. The summed E-state index contributed by atoms with van der Waals surface area (Å²) in [6.45, 7) is 0.0150. The van der Waals surface area contributed by atoms with E-state index in [1.165, 1.54) is 0 Å². The number of nitrogens with zero attached hydrogens (tertiary/aromatic N) is 1. The zero-order valence-corrected chi connectivity index (χ0v) is 11.1. The van der Waals surface area contributed by atoms with E-state index in [9.17, 15) is 5.11 Å². The Labute approximate surface area is 118 Å². The molecule has 2 rings (SSSR count). The Morgan fingerprint density at radius 1 is 1.20 bits per heavy atom. The molecule has 102 valence electrons. The Kier molecular flexibility index (Phi) is 4.59. The average molecular weight is 267 g/mol. The Morgan fingerprint density at radius 3 is 2.60 bits per heavy atom. The average Bonchev–Trinajstić information content (AvgIpc) is 2.49. The fourth-order valence-corrected chi connectivity index (χ4v) is 2.04. The van der Waals surface area contributed by atoms with Gasteiger partial charge in [-0.2, -0.15) is 5.26 Å². The van der Waals surface area contributed by atoms with Gasteiger partial charge in [0, 0.05) is 11.4 Å². The normalized spacial score (nSPS) is 11.6. The zero-order valence-electron chi connectivity index (χ0n) is 11.1. The van der Waals surface area contributed by atoms with Crippen molar-refractivity contribution in [3.05, 3.63) is 59.7 Å². The van der Waals surface area contributed by atoms with Gasteiger partial charge >= 0.3 is 0 Å². The maximum absolute atomic E-state index is 9.48. The Bertz CT molecular complexity index is 605. The van der Waals surface area contributed by atoms with Crippen LogP contribution in [0, 0.1) is 11.3 Å². The highest BCUT2D eigenvalue weighted by Gasteiger charge is 2.09. The molecule has 0 radical (unpaired) electrons. The summed E-state index contributed by atoms with van der Waals surface area (Å²) in [4.78, 5) is 0. The predicted octanol–water partition coefficient (Wildman–Crippen LogP) is 2.16. The van der Waals surface area contributed by atoms with E-state index in [0.717, 1.165) is 11.3 Å². The maximum Gasteiger partial charge on any atom is 0.101 e. The van der Waals surface area contributed by atoms with Crippen molar-refractivity contribution in [3.63, 3.8) is 0 Å². The Morgan fingerprint density at radius 2 is 1.95 bits per heavy atom. The lowest BCUT2D eigenvalue weighted by Crippen LogP contribution is -2.26. The number of aliphatic hydroxyl groups excluding tert-OH is 1. The van der Waals surface area contributed by atoms with E-state index in [2.05, 4.69) is 5.32 Å². The van der Waals surface area contributed by atoms with Gasteiger partial charge in [-0.05, 0) is 30.2 Å². The predicted molar refractivity (Wildman–Crippen MR) is 80.2 cm³/mol. The van der Waals surface area contributed by atoms with E-state index >= 15 is 0 Å². The first-order valence-corrected chi connectivity index (χ1v) is 6.44. The summed E-state index contributed by atoms with van der Waals surface area (Å²) in [7, 11) is 0. The Hall–Kier alpha value is -2.51. The van der Waals surface area contributed by atoms with Crippen LogP contribution in [0.1, 0.15) is 11.1 Å². The summed E-state index contributed by atoms with van der Waals surface area (Å²) in [5, 5.41) is 21.7. The van der Waals surface area contributed by atoms with E-state index in [1.54, 1.807) is 12.1 Å². The van der Waals surface area contributed by atoms with E-state index in [1.807, 2.05) is 42.5 Å². The molecule has 1 unspecified atom stereocenters. The summed E-state index contributed by atoms with van der Waals surface area (Å²) in [6, 6.07) is 17.1. The molecule has 4 heteroatoms. The second-order valence-electron chi connectivity index (χ2n) is 4.63. The first-order chi connectivity index (χ1) is 9.72. The number of nitriles is 1. The first kappa shape index (κ1) is 13.9. The molecule has 0 aliphatic carbocycles. The minimum atomic E-state index is -0.104. The van der Waals surface area contributed by atoms with Gasteiger partial charge in [0.25, 0.3) is 0 Å². The fraction of sp³-hybridized carbons (Fsp3) is 0.188. The van der Waals surface area contributed by atoms with Crippen LogP contribution in [0.2, 0.25) is 0 Å². The van der Waals surface area contributed by atoms with Crippen molar-refractivity contribution in [1.29, 1.82) is 5.26 Å². The molecule has 2 aromatic carbocycles. The van der Waals surface area contributed by atoms with Crippen molar-refractivity contribution in [3.8, 4) is 6.07 Å². The second-order valence-corrected chi connectivity index (χ2v) is 4.63. The number of benzene rings is 2. The van der Waals surface area contributed by atoms with Crippen LogP contribution in [0.25, 0.3) is 0 Å². The molecule has 2 aromatic rings. The van der Waals surface area contributed by atoms with Crippen LogP contribution in [-0.2, 0) is 6.42 Å². The molecule has 0 spiro atoms. The van der Waals surface area contributed by atoms with Crippen molar-refractivity contribution >= 4 is 11.4 Å². The maximum atomic E-state index is 9.48. The first-order valence-electron chi connectivity index (χ1n) is 6.44. The SMILES string of the molecule is N#Cc1cc(NC(CO)Cc2ccccc2)ccc1N. The molecule has 0 aliphatic rings. The summed E-state index contributed by atoms with van der Waals surface area (Å²) in [5.41, 5.74) is 8.51. The fourth-order valence-electron chi connectivity index (χ4n) is 2.04. The van der Waals surface area contributed by atoms with Crippen LogP contribution in [0.5, 0.6) is 0 Å². The molecular formula is C16H17N3O. The van der Waals surface area contributed by atoms with Crippen molar-refractivity contribution < 1.29 is 5.11 Å². The summed E-state index contributed by atoms with van der Waals surface area (Å²) >= 11 is 0. The monoisotopic (exact) mass is 267 g/mol.